The summed E-state index contributed by atoms with van der Waals surface area (Å²) in [6.07, 6.45) is 2.87. The van der Waals surface area contributed by atoms with Crippen LogP contribution in [0.1, 0.15) is 21.9 Å². The van der Waals surface area contributed by atoms with Crippen LogP contribution in [0.15, 0.2) is 74.8 Å². The van der Waals surface area contributed by atoms with Gasteiger partial charge in [-0.3, -0.25) is 10.1 Å². The molecule has 0 spiro atoms. The topological polar surface area (TPSA) is 157 Å². The number of sulfonamides is 1. The maximum absolute atomic E-state index is 12.3. The van der Waals surface area contributed by atoms with Gasteiger partial charge in [0, 0.05) is 0 Å². The van der Waals surface area contributed by atoms with E-state index in [0.29, 0.717) is 11.5 Å². The fourth-order valence-electron chi connectivity index (χ4n) is 2.43. The molecule has 168 valence electrons. The summed E-state index contributed by atoms with van der Waals surface area (Å²) in [5.74, 6) is -0.748. The molecule has 3 aromatic rings. The Morgan fingerprint density at radius 1 is 0.875 bits per heavy atom. The predicted molar refractivity (Wildman–Crippen MR) is 109 cm³/mol. The number of hydrogen-bond acceptors (Lipinski definition) is 8. The van der Waals surface area contributed by atoms with Gasteiger partial charge < -0.3 is 18.9 Å². The van der Waals surface area contributed by atoms with Crippen molar-refractivity contribution in [2.75, 3.05) is 6.61 Å². The Balaban J connectivity index is 1.44. The average Bonchev–Trinajstić information content (AvgIpc) is 3.49. The highest BCUT2D eigenvalue weighted by Crippen LogP contribution is 2.12. The van der Waals surface area contributed by atoms with E-state index in [0.717, 1.165) is 0 Å². The highest BCUT2D eigenvalue weighted by Gasteiger charge is 2.17. The van der Waals surface area contributed by atoms with Gasteiger partial charge in [0.25, 0.3) is 5.91 Å². The van der Waals surface area contributed by atoms with Gasteiger partial charge in [-0.15, -0.1) is 0 Å². The number of urea groups is 1. The molecule has 2 heterocycles. The minimum Gasteiger partial charge on any atom is -0.468 e. The molecule has 0 bridgehead atoms. The third-order valence-electron chi connectivity index (χ3n) is 4.01. The first-order valence-corrected chi connectivity index (χ1v) is 10.7. The molecule has 0 atom stereocenters. The van der Waals surface area contributed by atoms with Crippen molar-refractivity contribution in [2.45, 2.75) is 18.0 Å². The Bertz CT molecular complexity index is 1150. The van der Waals surface area contributed by atoms with Gasteiger partial charge in [0.1, 0.15) is 11.5 Å². The third kappa shape index (κ3) is 6.55. The van der Waals surface area contributed by atoms with E-state index < -0.39 is 34.5 Å². The number of imide groups is 1. The van der Waals surface area contributed by atoms with Crippen molar-refractivity contribution < 1.29 is 36.4 Å². The van der Waals surface area contributed by atoms with Gasteiger partial charge in [0.05, 0.1) is 36.1 Å². The molecule has 3 amide bonds. The SMILES string of the molecule is O=C(COC(=O)c1ccc(S(=O)(=O)NCc2ccco2)cc1)NC(=O)NCc1ccco1. The summed E-state index contributed by atoms with van der Waals surface area (Å²) in [4.78, 5) is 35.4. The van der Waals surface area contributed by atoms with E-state index in [1.807, 2.05) is 5.32 Å². The van der Waals surface area contributed by atoms with Crippen molar-refractivity contribution >= 4 is 27.9 Å². The smallest absolute Gasteiger partial charge is 0.338 e. The molecule has 0 fully saturated rings. The average molecular weight is 461 g/mol. The number of hydrogen-bond donors (Lipinski definition) is 3. The van der Waals surface area contributed by atoms with E-state index >= 15 is 0 Å². The van der Waals surface area contributed by atoms with Crippen LogP contribution in [0.25, 0.3) is 0 Å². The number of esters is 1. The van der Waals surface area contributed by atoms with E-state index in [1.54, 1.807) is 24.3 Å². The van der Waals surface area contributed by atoms with Gasteiger partial charge in [0.15, 0.2) is 6.61 Å². The van der Waals surface area contributed by atoms with Crippen LogP contribution in [-0.4, -0.2) is 32.9 Å². The van der Waals surface area contributed by atoms with Gasteiger partial charge in [-0.25, -0.2) is 22.7 Å². The summed E-state index contributed by atoms with van der Waals surface area (Å²) in [6, 6.07) is 10.7. The van der Waals surface area contributed by atoms with Crippen molar-refractivity contribution in [3.05, 3.63) is 78.1 Å². The van der Waals surface area contributed by atoms with Crippen LogP contribution in [0.5, 0.6) is 0 Å². The quantitative estimate of drug-likeness (QED) is 0.405. The Morgan fingerprint density at radius 2 is 1.50 bits per heavy atom. The molecule has 0 aliphatic carbocycles. The summed E-state index contributed by atoms with van der Waals surface area (Å²) in [5.41, 5.74) is 0.0325. The summed E-state index contributed by atoms with van der Waals surface area (Å²) in [7, 11) is -3.82. The fourth-order valence-corrected chi connectivity index (χ4v) is 3.43. The second-order valence-electron chi connectivity index (χ2n) is 6.31. The van der Waals surface area contributed by atoms with Crippen molar-refractivity contribution in [1.82, 2.24) is 15.4 Å². The zero-order chi connectivity index (χ0) is 23.0. The third-order valence-corrected chi connectivity index (χ3v) is 5.42. The summed E-state index contributed by atoms with van der Waals surface area (Å²) in [6.45, 7) is -0.640. The molecular weight excluding hydrogens is 442 g/mol. The molecule has 2 aromatic heterocycles. The first-order chi connectivity index (χ1) is 15.3. The summed E-state index contributed by atoms with van der Waals surface area (Å²) >= 11 is 0. The Hall–Kier alpha value is -3.90. The van der Waals surface area contributed by atoms with Crippen molar-refractivity contribution in [2.24, 2.45) is 0 Å². The number of furan rings is 2. The van der Waals surface area contributed by atoms with Gasteiger partial charge in [0.2, 0.25) is 10.0 Å². The lowest BCUT2D eigenvalue weighted by Crippen LogP contribution is -2.41. The van der Waals surface area contributed by atoms with Gasteiger partial charge in [-0.2, -0.15) is 0 Å². The lowest BCUT2D eigenvalue weighted by atomic mass is 10.2. The molecule has 11 nitrogen and oxygen atoms in total. The van der Waals surface area contributed by atoms with E-state index in [4.69, 9.17) is 13.6 Å². The molecule has 32 heavy (non-hydrogen) atoms. The standard InChI is InChI=1S/C20H19N3O8S/c24-18(23-20(26)21-11-15-3-1-9-29-15)13-31-19(25)14-5-7-17(8-6-14)32(27,28)22-12-16-4-2-10-30-16/h1-10,22H,11-13H2,(H2,21,23,24,26). The molecule has 0 aliphatic rings. The molecule has 1 aromatic carbocycles. The molecule has 0 saturated heterocycles. The first-order valence-electron chi connectivity index (χ1n) is 9.23. The number of rotatable bonds is 9. The molecule has 12 heteroatoms. The zero-order valence-electron chi connectivity index (χ0n) is 16.6. The minimum atomic E-state index is -3.82. The highest BCUT2D eigenvalue weighted by molar-refractivity contribution is 7.89. The van der Waals surface area contributed by atoms with Crippen LogP contribution >= 0.6 is 0 Å². The predicted octanol–water partition coefficient (Wildman–Crippen LogP) is 1.53. The molecule has 0 saturated carbocycles. The molecule has 0 aliphatic heterocycles. The van der Waals surface area contributed by atoms with Crippen LogP contribution in [0.3, 0.4) is 0 Å². The minimum absolute atomic E-state index is 0.0245. The summed E-state index contributed by atoms with van der Waals surface area (Å²) in [5, 5.41) is 4.40. The monoisotopic (exact) mass is 461 g/mol. The first kappa shape index (κ1) is 22.8. The number of amides is 3. The number of carbonyl (C=O) groups is 3. The Kier molecular flexibility index (Phi) is 7.41. The fraction of sp³-hybridized carbons (Fsp3) is 0.150. The van der Waals surface area contributed by atoms with Crippen molar-refractivity contribution in [3.63, 3.8) is 0 Å². The normalized spacial score (nSPS) is 11.0. The molecule has 3 rings (SSSR count). The lowest BCUT2D eigenvalue weighted by molar-refractivity contribution is -0.123. The van der Waals surface area contributed by atoms with Crippen LogP contribution in [-0.2, 0) is 32.6 Å². The number of ether oxygens (including phenoxy) is 1. The number of nitrogens with one attached hydrogen (secondary N) is 3. The molecule has 3 N–H and O–H groups in total. The number of benzene rings is 1. The second kappa shape index (κ2) is 10.4. The van der Waals surface area contributed by atoms with Gasteiger partial charge in [-0.05, 0) is 48.5 Å². The van der Waals surface area contributed by atoms with Crippen molar-refractivity contribution in [3.8, 4) is 0 Å². The maximum Gasteiger partial charge on any atom is 0.338 e. The number of carbonyl (C=O) groups excluding carboxylic acids is 3. The highest BCUT2D eigenvalue weighted by atomic mass is 32.2. The van der Waals surface area contributed by atoms with Crippen LogP contribution < -0.4 is 15.4 Å². The van der Waals surface area contributed by atoms with E-state index in [-0.39, 0.29) is 23.5 Å². The largest absolute Gasteiger partial charge is 0.468 e. The summed E-state index contributed by atoms with van der Waals surface area (Å²) < 4.78 is 41.9. The molecule has 0 radical (unpaired) electrons. The Labute approximate surface area is 182 Å². The van der Waals surface area contributed by atoms with E-state index in [1.165, 1.54) is 36.8 Å². The van der Waals surface area contributed by atoms with E-state index in [9.17, 15) is 22.8 Å². The van der Waals surface area contributed by atoms with Gasteiger partial charge >= 0.3 is 12.0 Å². The maximum atomic E-state index is 12.3. The molecular formula is C20H19N3O8S. The van der Waals surface area contributed by atoms with Crippen LogP contribution in [0.2, 0.25) is 0 Å². The van der Waals surface area contributed by atoms with Crippen LogP contribution in [0.4, 0.5) is 4.79 Å². The lowest BCUT2D eigenvalue weighted by Gasteiger charge is -2.08. The van der Waals surface area contributed by atoms with Crippen LogP contribution in [0, 0.1) is 0 Å². The van der Waals surface area contributed by atoms with E-state index in [2.05, 4.69) is 10.0 Å². The Morgan fingerprint density at radius 3 is 2.09 bits per heavy atom. The van der Waals surface area contributed by atoms with Crippen molar-refractivity contribution in [1.29, 1.82) is 0 Å². The van der Waals surface area contributed by atoms with Gasteiger partial charge in [-0.1, -0.05) is 0 Å². The molecule has 0 unspecified atom stereocenters. The zero-order valence-corrected chi connectivity index (χ0v) is 17.4. The second-order valence-corrected chi connectivity index (χ2v) is 8.08.